The van der Waals surface area contributed by atoms with Gasteiger partial charge in [-0.1, -0.05) is 50.2 Å². The predicted molar refractivity (Wildman–Crippen MR) is 93.4 cm³/mol. The number of rotatable bonds is 8. The first-order valence-electron chi connectivity index (χ1n) is 8.46. The maximum Gasteiger partial charge on any atom is 0.306 e. The molecule has 4 heteroatoms. The van der Waals surface area contributed by atoms with Crippen molar-refractivity contribution in [1.82, 2.24) is 0 Å². The van der Waals surface area contributed by atoms with E-state index in [0.29, 0.717) is 12.8 Å². The fourth-order valence-electron chi connectivity index (χ4n) is 2.56. The highest BCUT2D eigenvalue weighted by Crippen LogP contribution is 2.24. The highest BCUT2D eigenvalue weighted by molar-refractivity contribution is 5.88. The van der Waals surface area contributed by atoms with Crippen LogP contribution in [0.1, 0.15) is 50.7 Å². The van der Waals surface area contributed by atoms with Crippen LogP contribution >= 0.6 is 0 Å². The lowest BCUT2D eigenvalue weighted by Crippen LogP contribution is -2.05. The van der Waals surface area contributed by atoms with E-state index >= 15 is 0 Å². The fraction of sp³-hybridized carbons (Fsp3) is 0.400. The van der Waals surface area contributed by atoms with Crippen LogP contribution in [0.2, 0.25) is 0 Å². The van der Waals surface area contributed by atoms with Crippen molar-refractivity contribution < 1.29 is 19.1 Å². The van der Waals surface area contributed by atoms with Gasteiger partial charge in [0.2, 0.25) is 0 Å². The monoisotopic (exact) mass is 328 g/mol. The number of ether oxygens (including phenoxy) is 2. The number of hydrogen-bond acceptors (Lipinski definition) is 4. The minimum absolute atomic E-state index is 0.181. The van der Waals surface area contributed by atoms with Gasteiger partial charge < -0.3 is 9.47 Å². The standard InChI is InChI=1S/C20H24O4/c1-3-7-19(21)23-13-15-9-5-12-18-16(10-6-11-17(15)18)14-24-20(22)8-4-2/h5-6,9-12H,3-4,7-8,13-14H2,1-2H3. The van der Waals surface area contributed by atoms with Gasteiger partial charge in [0.25, 0.3) is 0 Å². The molecule has 0 spiro atoms. The zero-order valence-corrected chi connectivity index (χ0v) is 14.3. The van der Waals surface area contributed by atoms with E-state index in [1.165, 1.54) is 0 Å². The number of benzene rings is 2. The molecule has 24 heavy (non-hydrogen) atoms. The van der Waals surface area contributed by atoms with Crippen molar-refractivity contribution >= 4 is 22.7 Å². The fourth-order valence-corrected chi connectivity index (χ4v) is 2.56. The maximum absolute atomic E-state index is 11.6. The van der Waals surface area contributed by atoms with Crippen LogP contribution in [0.15, 0.2) is 36.4 Å². The molecule has 0 saturated heterocycles. The van der Waals surface area contributed by atoms with E-state index in [1.54, 1.807) is 0 Å². The third-order valence-corrected chi connectivity index (χ3v) is 3.79. The third-order valence-electron chi connectivity index (χ3n) is 3.79. The van der Waals surface area contributed by atoms with E-state index in [2.05, 4.69) is 0 Å². The summed E-state index contributed by atoms with van der Waals surface area (Å²) in [6, 6.07) is 11.8. The van der Waals surface area contributed by atoms with Gasteiger partial charge in [0.05, 0.1) is 0 Å². The molecule has 0 fully saturated rings. The van der Waals surface area contributed by atoms with Crippen molar-refractivity contribution in [2.24, 2.45) is 0 Å². The summed E-state index contributed by atoms with van der Waals surface area (Å²) in [5.41, 5.74) is 1.91. The Morgan fingerprint density at radius 3 is 1.54 bits per heavy atom. The van der Waals surface area contributed by atoms with Crippen LogP contribution in [0, 0.1) is 0 Å². The summed E-state index contributed by atoms with van der Waals surface area (Å²) < 4.78 is 10.6. The van der Waals surface area contributed by atoms with Gasteiger partial charge in [-0.3, -0.25) is 9.59 Å². The first kappa shape index (κ1) is 18.0. The minimum Gasteiger partial charge on any atom is -0.461 e. The van der Waals surface area contributed by atoms with Gasteiger partial charge in [0.1, 0.15) is 13.2 Å². The molecule has 0 N–H and O–H groups in total. The van der Waals surface area contributed by atoms with Crippen molar-refractivity contribution in [2.75, 3.05) is 0 Å². The Labute approximate surface area is 142 Å². The molecule has 0 bridgehead atoms. The first-order valence-corrected chi connectivity index (χ1v) is 8.46. The van der Waals surface area contributed by atoms with Crippen molar-refractivity contribution in [2.45, 2.75) is 52.7 Å². The lowest BCUT2D eigenvalue weighted by atomic mass is 10.0. The van der Waals surface area contributed by atoms with Gasteiger partial charge in [0.15, 0.2) is 0 Å². The van der Waals surface area contributed by atoms with Crippen LogP contribution in [0.25, 0.3) is 10.8 Å². The second kappa shape index (κ2) is 9.06. The van der Waals surface area contributed by atoms with Gasteiger partial charge >= 0.3 is 11.9 Å². The molecule has 0 aliphatic carbocycles. The largest absolute Gasteiger partial charge is 0.461 e. The molecule has 0 atom stereocenters. The molecule has 0 saturated carbocycles. The van der Waals surface area contributed by atoms with Crippen LogP contribution < -0.4 is 0 Å². The SMILES string of the molecule is CCCC(=O)OCc1cccc2c(COC(=O)CCC)cccc12. The van der Waals surface area contributed by atoms with Gasteiger partial charge in [-0.2, -0.15) is 0 Å². The van der Waals surface area contributed by atoms with E-state index in [9.17, 15) is 9.59 Å². The molecule has 2 aromatic rings. The Bertz CT molecular complexity index is 645. The van der Waals surface area contributed by atoms with Gasteiger partial charge in [-0.05, 0) is 34.7 Å². The molecular formula is C20H24O4. The third kappa shape index (κ3) is 4.82. The first-order chi connectivity index (χ1) is 11.7. The molecule has 0 amide bonds. The Morgan fingerprint density at radius 2 is 1.17 bits per heavy atom. The minimum atomic E-state index is -0.181. The van der Waals surface area contributed by atoms with Crippen LogP contribution in [0.3, 0.4) is 0 Å². The summed E-state index contributed by atoms with van der Waals surface area (Å²) in [7, 11) is 0. The zero-order valence-electron chi connectivity index (χ0n) is 14.3. The molecule has 0 heterocycles. The number of esters is 2. The second-order valence-electron chi connectivity index (χ2n) is 5.75. The molecule has 2 aromatic carbocycles. The average molecular weight is 328 g/mol. The normalized spacial score (nSPS) is 10.6. The predicted octanol–water partition coefficient (Wildman–Crippen LogP) is 4.53. The van der Waals surface area contributed by atoms with E-state index in [1.807, 2.05) is 50.2 Å². The number of carbonyl (C=O) groups excluding carboxylic acids is 2. The molecule has 0 unspecified atom stereocenters. The summed E-state index contributed by atoms with van der Waals surface area (Å²) in [4.78, 5) is 23.2. The van der Waals surface area contributed by atoms with Crippen molar-refractivity contribution in [3.05, 3.63) is 47.5 Å². The lowest BCUT2D eigenvalue weighted by molar-refractivity contribution is -0.145. The maximum atomic E-state index is 11.6. The highest BCUT2D eigenvalue weighted by atomic mass is 16.5. The van der Waals surface area contributed by atoms with E-state index in [-0.39, 0.29) is 25.2 Å². The average Bonchev–Trinajstić information content (AvgIpc) is 2.58. The zero-order chi connectivity index (χ0) is 17.4. The molecule has 0 aliphatic rings. The van der Waals surface area contributed by atoms with Gasteiger partial charge in [-0.15, -0.1) is 0 Å². The summed E-state index contributed by atoms with van der Waals surface area (Å²) in [6.07, 6.45) is 2.43. The highest BCUT2D eigenvalue weighted by Gasteiger charge is 2.09. The lowest BCUT2D eigenvalue weighted by Gasteiger charge is -2.11. The van der Waals surface area contributed by atoms with Crippen molar-refractivity contribution in [1.29, 1.82) is 0 Å². The topological polar surface area (TPSA) is 52.6 Å². The second-order valence-corrected chi connectivity index (χ2v) is 5.75. The van der Waals surface area contributed by atoms with Gasteiger partial charge in [0, 0.05) is 12.8 Å². The summed E-state index contributed by atoms with van der Waals surface area (Å²) in [6.45, 7) is 4.42. The summed E-state index contributed by atoms with van der Waals surface area (Å²) in [5, 5.41) is 2.04. The van der Waals surface area contributed by atoms with E-state index < -0.39 is 0 Å². The molecule has 2 rings (SSSR count). The van der Waals surface area contributed by atoms with Crippen LogP contribution in [-0.2, 0) is 32.3 Å². The quantitative estimate of drug-likeness (QED) is 0.668. The summed E-state index contributed by atoms with van der Waals surface area (Å²) in [5.74, 6) is -0.363. The molecule has 0 aliphatic heterocycles. The smallest absolute Gasteiger partial charge is 0.306 e. The van der Waals surface area contributed by atoms with Crippen LogP contribution in [0.4, 0.5) is 0 Å². The molecular weight excluding hydrogens is 304 g/mol. The Kier molecular flexibility index (Phi) is 6.79. The number of hydrogen-bond donors (Lipinski definition) is 0. The van der Waals surface area contributed by atoms with Crippen LogP contribution in [0.5, 0.6) is 0 Å². The summed E-state index contributed by atoms with van der Waals surface area (Å²) >= 11 is 0. The van der Waals surface area contributed by atoms with Crippen molar-refractivity contribution in [3.8, 4) is 0 Å². The van der Waals surface area contributed by atoms with Crippen LogP contribution in [-0.4, -0.2) is 11.9 Å². The molecule has 4 nitrogen and oxygen atoms in total. The Hall–Kier alpha value is -2.36. The van der Waals surface area contributed by atoms with E-state index in [4.69, 9.17) is 9.47 Å². The van der Waals surface area contributed by atoms with Crippen molar-refractivity contribution in [3.63, 3.8) is 0 Å². The molecule has 0 aromatic heterocycles. The number of fused-ring (bicyclic) bond motifs is 1. The van der Waals surface area contributed by atoms with Gasteiger partial charge in [-0.25, -0.2) is 0 Å². The Morgan fingerprint density at radius 1 is 0.750 bits per heavy atom. The molecule has 128 valence electrons. The Balaban J connectivity index is 2.16. The molecule has 0 radical (unpaired) electrons. The number of carbonyl (C=O) groups is 2. The van der Waals surface area contributed by atoms with E-state index in [0.717, 1.165) is 34.7 Å².